The Kier molecular flexibility index (Phi) is 16.1. The van der Waals surface area contributed by atoms with Gasteiger partial charge in [-0.1, -0.05) is 111 Å². The second kappa shape index (κ2) is 20.9. The minimum absolute atomic E-state index is 0.0192. The van der Waals surface area contributed by atoms with Crippen LogP contribution in [0, 0.1) is 23.2 Å². The van der Waals surface area contributed by atoms with Crippen molar-refractivity contribution < 1.29 is 58.5 Å². The number of hydrogen-bond donors (Lipinski definition) is 0. The molecule has 0 aliphatic heterocycles. The van der Waals surface area contributed by atoms with Crippen molar-refractivity contribution in [2.75, 3.05) is 6.61 Å². The highest BCUT2D eigenvalue weighted by molar-refractivity contribution is 5.77. The fraction of sp³-hybridized carbons (Fsp3) is 0.549. The first-order chi connectivity index (χ1) is 30.4. The van der Waals surface area contributed by atoms with Gasteiger partial charge in [0.15, 0.2) is 0 Å². The lowest BCUT2D eigenvalue weighted by Gasteiger charge is -2.48. The molecule has 3 aliphatic carbocycles. The molecule has 0 N–H and O–H groups in total. The van der Waals surface area contributed by atoms with Gasteiger partial charge in [0, 0.05) is 11.8 Å². The minimum Gasteiger partial charge on any atom is -0.489 e. The number of hydrogen-bond acceptors (Lipinski definition) is 4. The minimum atomic E-state index is -6.96. The van der Waals surface area contributed by atoms with Gasteiger partial charge in [0.2, 0.25) is 0 Å². The third kappa shape index (κ3) is 11.0. The molecule has 0 bridgehead atoms. The van der Waals surface area contributed by atoms with E-state index in [1.54, 1.807) is 0 Å². The largest absolute Gasteiger partial charge is 0.489 e. The maximum absolute atomic E-state index is 14.3. The number of allylic oxidation sites excluding steroid dienone is 4. The molecule has 3 aromatic rings. The van der Waals surface area contributed by atoms with Gasteiger partial charge in [-0.05, 0) is 123 Å². The second-order valence-corrected chi connectivity index (χ2v) is 17.9. The summed E-state index contributed by atoms with van der Waals surface area (Å²) in [7, 11) is 0. The van der Waals surface area contributed by atoms with Gasteiger partial charge in [-0.3, -0.25) is 4.79 Å². The van der Waals surface area contributed by atoms with Crippen LogP contribution in [0.4, 0.5) is 39.5 Å². The summed E-state index contributed by atoms with van der Waals surface area (Å²) >= 11 is 0. The van der Waals surface area contributed by atoms with E-state index in [0.29, 0.717) is 44.3 Å². The van der Waals surface area contributed by atoms with Crippen molar-refractivity contribution in [3.63, 3.8) is 0 Å². The number of rotatable bonds is 22. The van der Waals surface area contributed by atoms with Crippen LogP contribution in [0.15, 0.2) is 96.6 Å². The molecule has 5 atom stereocenters. The SMILES string of the molecule is CCOC(=O)C(CCCCCC/C=C/CC1=C2c3ccc(OCc4ccccc4)cc3CC[C@H]2[C@@H]2CC[C@H](OCc3ccccc3)[C@@]2(C)C1)CCC(F)(F)C(F)(F)C(F)(F)C(F)(F)F. The summed E-state index contributed by atoms with van der Waals surface area (Å²) < 4.78 is 139. The number of ether oxygens (including phenoxy) is 3. The maximum atomic E-state index is 14.3. The Morgan fingerprint density at radius 2 is 1.45 bits per heavy atom. The van der Waals surface area contributed by atoms with Crippen LogP contribution in [-0.2, 0) is 33.9 Å². The molecule has 6 rings (SSSR count). The van der Waals surface area contributed by atoms with E-state index in [9.17, 15) is 44.3 Å². The van der Waals surface area contributed by atoms with Crippen molar-refractivity contribution in [2.45, 2.75) is 147 Å². The molecule has 13 heteroatoms. The number of aryl methyl sites for hydroxylation is 1. The van der Waals surface area contributed by atoms with Crippen molar-refractivity contribution in [2.24, 2.45) is 23.2 Å². The quantitative estimate of drug-likeness (QED) is 0.0436. The smallest absolute Gasteiger partial charge is 0.460 e. The first-order valence-electron chi connectivity index (χ1n) is 22.6. The third-order valence-electron chi connectivity index (χ3n) is 13.6. The molecule has 1 fully saturated rings. The molecule has 1 unspecified atom stereocenters. The van der Waals surface area contributed by atoms with Gasteiger partial charge in [-0.15, -0.1) is 0 Å². The highest BCUT2D eigenvalue weighted by atomic mass is 19.4. The first kappa shape index (κ1) is 49.2. The molecule has 64 heavy (non-hydrogen) atoms. The Hall–Kier alpha value is -4.26. The third-order valence-corrected chi connectivity index (χ3v) is 13.6. The Labute approximate surface area is 370 Å². The zero-order chi connectivity index (χ0) is 46.2. The lowest BCUT2D eigenvalue weighted by molar-refractivity contribution is -0.396. The van der Waals surface area contributed by atoms with Gasteiger partial charge in [0.05, 0.1) is 25.2 Å². The molecule has 0 spiro atoms. The molecule has 0 aromatic heterocycles. The predicted octanol–water partition coefficient (Wildman–Crippen LogP) is 14.7. The van der Waals surface area contributed by atoms with E-state index in [4.69, 9.17) is 14.2 Å². The van der Waals surface area contributed by atoms with Crippen LogP contribution in [0.25, 0.3) is 5.57 Å². The number of fused-ring (bicyclic) bond motifs is 5. The highest BCUT2D eigenvalue weighted by Gasteiger charge is 2.81. The average Bonchev–Trinajstić information content (AvgIpc) is 3.60. The zero-order valence-corrected chi connectivity index (χ0v) is 36.5. The molecule has 3 aliphatic rings. The zero-order valence-electron chi connectivity index (χ0n) is 36.5. The van der Waals surface area contributed by atoms with E-state index >= 15 is 0 Å². The monoisotopic (exact) mass is 906 g/mol. The van der Waals surface area contributed by atoms with Crippen molar-refractivity contribution in [3.05, 3.63) is 119 Å². The molecule has 4 nitrogen and oxygen atoms in total. The van der Waals surface area contributed by atoms with Crippen LogP contribution in [0.5, 0.6) is 5.75 Å². The fourth-order valence-electron chi connectivity index (χ4n) is 10.2. The van der Waals surface area contributed by atoms with Crippen molar-refractivity contribution in [3.8, 4) is 5.75 Å². The van der Waals surface area contributed by atoms with Crippen molar-refractivity contribution in [1.29, 1.82) is 0 Å². The number of esters is 1. The van der Waals surface area contributed by atoms with E-state index in [2.05, 4.69) is 49.4 Å². The summed E-state index contributed by atoms with van der Waals surface area (Å²) in [4.78, 5) is 12.5. The molecular weight excluding hydrogens is 848 g/mol. The normalized spacial score (nSPS) is 22.0. The van der Waals surface area contributed by atoms with E-state index < -0.39 is 48.7 Å². The van der Waals surface area contributed by atoms with Crippen LogP contribution in [0.3, 0.4) is 0 Å². The summed E-state index contributed by atoms with van der Waals surface area (Å²) in [6, 6.07) is 26.9. The maximum Gasteiger partial charge on any atom is 0.460 e. The van der Waals surface area contributed by atoms with Gasteiger partial charge in [0.1, 0.15) is 12.4 Å². The predicted molar refractivity (Wildman–Crippen MR) is 228 cm³/mol. The molecule has 0 saturated heterocycles. The molecule has 1 saturated carbocycles. The van der Waals surface area contributed by atoms with Gasteiger partial charge in [-0.2, -0.15) is 39.5 Å². The highest BCUT2D eigenvalue weighted by Crippen LogP contribution is 2.62. The molecule has 0 heterocycles. The molecular formula is C51H59F9O4. The van der Waals surface area contributed by atoms with Crippen LogP contribution in [0.2, 0.25) is 0 Å². The number of unbranched alkanes of at least 4 members (excludes halogenated alkanes) is 4. The molecule has 0 radical (unpaired) electrons. The van der Waals surface area contributed by atoms with E-state index in [1.807, 2.05) is 48.5 Å². The van der Waals surface area contributed by atoms with Crippen LogP contribution < -0.4 is 4.74 Å². The summed E-state index contributed by atoms with van der Waals surface area (Å²) in [6.45, 7) is 4.77. The Morgan fingerprint density at radius 1 is 0.781 bits per heavy atom. The van der Waals surface area contributed by atoms with Gasteiger partial charge in [0.25, 0.3) is 0 Å². The molecule has 3 aromatic carbocycles. The topological polar surface area (TPSA) is 44.8 Å². The Balaban J connectivity index is 1.07. The number of carbonyl (C=O) groups excluding carboxylic acids is 1. The number of benzene rings is 3. The van der Waals surface area contributed by atoms with Crippen molar-refractivity contribution >= 4 is 11.5 Å². The van der Waals surface area contributed by atoms with Crippen LogP contribution in [0.1, 0.15) is 120 Å². The van der Waals surface area contributed by atoms with Crippen LogP contribution >= 0.6 is 0 Å². The standard InChI is InChI=1S/C51H59F9O4/c1-3-62-46(61)37(29-30-48(52,53)49(54,55)50(56,57)51(58,59)60)21-15-7-5-4-6-8-16-22-39-32-47(2)43(27-28-44(47)64-34-36-19-13-10-14-20-36)42-25-23-38-31-40(24-26-41(38)45(39)42)63-33-35-17-11-9-12-18-35/h8-14,16-20,24,26,31,37,42-44H,3-7,15,21-23,25,27-30,32-34H2,1-2H3/b16-8+/t37?,42-,43-,44-,47-/m0/s1. The number of halogens is 9. The van der Waals surface area contributed by atoms with Crippen molar-refractivity contribution in [1.82, 2.24) is 0 Å². The number of carbonyl (C=O) groups is 1. The summed E-state index contributed by atoms with van der Waals surface area (Å²) in [5.74, 6) is -20.0. The summed E-state index contributed by atoms with van der Waals surface area (Å²) in [6.07, 6.45) is 3.43. The summed E-state index contributed by atoms with van der Waals surface area (Å²) in [5, 5.41) is 0. The second-order valence-electron chi connectivity index (χ2n) is 17.9. The Morgan fingerprint density at radius 3 is 2.12 bits per heavy atom. The lowest BCUT2D eigenvalue weighted by atomic mass is 9.57. The van der Waals surface area contributed by atoms with Gasteiger partial charge < -0.3 is 14.2 Å². The Bertz CT molecular complexity index is 2050. The van der Waals surface area contributed by atoms with E-state index in [1.165, 1.54) is 29.2 Å². The fourth-order valence-corrected chi connectivity index (χ4v) is 10.2. The number of alkyl halides is 9. The van der Waals surface area contributed by atoms with Gasteiger partial charge in [-0.25, -0.2) is 0 Å². The van der Waals surface area contributed by atoms with E-state index in [0.717, 1.165) is 68.2 Å². The molecule has 350 valence electrons. The van der Waals surface area contributed by atoms with Crippen LogP contribution in [-0.4, -0.2) is 42.6 Å². The summed E-state index contributed by atoms with van der Waals surface area (Å²) in [5.41, 5.74) is 7.73. The lowest BCUT2D eigenvalue weighted by Crippen LogP contribution is -2.60. The van der Waals surface area contributed by atoms with Gasteiger partial charge >= 0.3 is 29.9 Å². The van der Waals surface area contributed by atoms with E-state index in [-0.39, 0.29) is 24.5 Å². The first-order valence-corrected chi connectivity index (χ1v) is 22.6. The average molecular weight is 907 g/mol. The molecule has 0 amide bonds.